The molecule has 19 heavy (non-hydrogen) atoms. The van der Waals surface area contributed by atoms with Gasteiger partial charge in [0.05, 0.1) is 0 Å². The highest BCUT2D eigenvalue weighted by molar-refractivity contribution is 5.18. The second kappa shape index (κ2) is 4.76. The molecule has 1 N–H and O–H groups in total. The van der Waals surface area contributed by atoms with Crippen LogP contribution in [0.4, 0.5) is 0 Å². The van der Waals surface area contributed by atoms with E-state index in [1.165, 1.54) is 32.1 Å². The number of hydrogen-bond acceptors (Lipinski definition) is 1. The molecular formula is C18H35N. The largest absolute Gasteiger partial charge is 0.310 e. The Morgan fingerprint density at radius 1 is 0.842 bits per heavy atom. The first-order valence-corrected chi connectivity index (χ1v) is 8.33. The molecule has 0 bridgehead atoms. The van der Waals surface area contributed by atoms with Crippen LogP contribution in [0.1, 0.15) is 80.6 Å². The van der Waals surface area contributed by atoms with Crippen molar-refractivity contribution in [3.05, 3.63) is 0 Å². The van der Waals surface area contributed by atoms with Gasteiger partial charge in [-0.25, -0.2) is 0 Å². The van der Waals surface area contributed by atoms with E-state index in [2.05, 4.69) is 53.8 Å². The molecule has 1 nitrogen and oxygen atoms in total. The van der Waals surface area contributed by atoms with Crippen molar-refractivity contribution >= 4 is 0 Å². The minimum Gasteiger partial charge on any atom is -0.310 e. The van der Waals surface area contributed by atoms with Crippen molar-refractivity contribution in [3.63, 3.8) is 0 Å². The second-order valence-electron chi connectivity index (χ2n) is 9.31. The van der Waals surface area contributed by atoms with Crippen molar-refractivity contribution < 1.29 is 0 Å². The van der Waals surface area contributed by atoms with Crippen molar-refractivity contribution in [2.75, 3.05) is 0 Å². The van der Waals surface area contributed by atoms with Gasteiger partial charge in [-0.3, -0.25) is 0 Å². The molecule has 2 fully saturated rings. The smallest absolute Gasteiger partial charge is 0.0183 e. The van der Waals surface area contributed by atoms with Gasteiger partial charge in [-0.15, -0.1) is 0 Å². The summed E-state index contributed by atoms with van der Waals surface area (Å²) in [5.41, 5.74) is 1.44. The molecule has 2 saturated carbocycles. The maximum atomic E-state index is 3.99. The van der Waals surface area contributed by atoms with Crippen molar-refractivity contribution in [1.82, 2.24) is 5.32 Å². The highest BCUT2D eigenvalue weighted by atomic mass is 15.1. The standard InChI is InChI=1S/C18H35N/c1-16(2,3)13-9-8-10-14(12-11-13)19-15-17(4,5)18(15,6)7/h13-15,19H,8-12H2,1-7H3. The summed E-state index contributed by atoms with van der Waals surface area (Å²) in [4.78, 5) is 0. The van der Waals surface area contributed by atoms with E-state index in [9.17, 15) is 0 Å². The monoisotopic (exact) mass is 265 g/mol. The lowest BCUT2D eigenvalue weighted by Gasteiger charge is -2.29. The molecule has 0 aromatic rings. The molecule has 2 atom stereocenters. The van der Waals surface area contributed by atoms with Crippen LogP contribution < -0.4 is 5.32 Å². The van der Waals surface area contributed by atoms with Gasteiger partial charge in [-0.05, 0) is 47.8 Å². The average molecular weight is 265 g/mol. The molecule has 0 aromatic carbocycles. The fraction of sp³-hybridized carbons (Fsp3) is 1.00. The molecule has 0 aromatic heterocycles. The Morgan fingerprint density at radius 2 is 1.42 bits per heavy atom. The van der Waals surface area contributed by atoms with Gasteiger partial charge in [-0.1, -0.05) is 54.9 Å². The third kappa shape index (κ3) is 2.86. The van der Waals surface area contributed by atoms with Gasteiger partial charge < -0.3 is 5.32 Å². The van der Waals surface area contributed by atoms with Gasteiger partial charge >= 0.3 is 0 Å². The Morgan fingerprint density at radius 3 is 1.89 bits per heavy atom. The molecule has 112 valence electrons. The van der Waals surface area contributed by atoms with Crippen LogP contribution in [-0.4, -0.2) is 12.1 Å². The maximum Gasteiger partial charge on any atom is 0.0183 e. The van der Waals surface area contributed by atoms with Crippen molar-refractivity contribution in [3.8, 4) is 0 Å². The first-order chi connectivity index (χ1) is 8.57. The molecule has 2 aliphatic carbocycles. The lowest BCUT2D eigenvalue weighted by Crippen LogP contribution is -2.34. The third-order valence-electron chi connectivity index (χ3n) is 6.62. The molecule has 0 amide bonds. The van der Waals surface area contributed by atoms with Crippen LogP contribution in [0.3, 0.4) is 0 Å². The number of hydrogen-bond donors (Lipinski definition) is 1. The van der Waals surface area contributed by atoms with E-state index in [0.29, 0.717) is 16.2 Å². The van der Waals surface area contributed by atoms with Gasteiger partial charge in [0.2, 0.25) is 0 Å². The van der Waals surface area contributed by atoms with E-state index in [1.54, 1.807) is 0 Å². The predicted octanol–water partition coefficient (Wildman–Crippen LogP) is 5.01. The topological polar surface area (TPSA) is 12.0 Å². The fourth-order valence-corrected chi connectivity index (χ4v) is 4.18. The zero-order chi connectivity index (χ0) is 14.5. The van der Waals surface area contributed by atoms with Crippen LogP contribution in [0.25, 0.3) is 0 Å². The zero-order valence-electron chi connectivity index (χ0n) is 14.3. The summed E-state index contributed by atoms with van der Waals surface area (Å²) in [6.45, 7) is 16.9. The normalized spacial score (nSPS) is 34.9. The molecule has 2 unspecified atom stereocenters. The molecule has 0 heterocycles. The van der Waals surface area contributed by atoms with E-state index in [-0.39, 0.29) is 0 Å². The maximum absolute atomic E-state index is 3.99. The summed E-state index contributed by atoms with van der Waals surface area (Å²) < 4.78 is 0. The summed E-state index contributed by atoms with van der Waals surface area (Å²) in [6.07, 6.45) is 7.01. The van der Waals surface area contributed by atoms with E-state index in [0.717, 1.165) is 18.0 Å². The van der Waals surface area contributed by atoms with E-state index >= 15 is 0 Å². The van der Waals surface area contributed by atoms with Gasteiger partial charge in [0.15, 0.2) is 0 Å². The summed E-state index contributed by atoms with van der Waals surface area (Å²) >= 11 is 0. The van der Waals surface area contributed by atoms with Crippen molar-refractivity contribution in [2.24, 2.45) is 22.2 Å². The Hall–Kier alpha value is -0.0400. The third-order valence-corrected chi connectivity index (χ3v) is 6.62. The molecule has 0 saturated heterocycles. The van der Waals surface area contributed by atoms with Gasteiger partial charge in [0, 0.05) is 12.1 Å². The Labute approximate surface area is 120 Å². The summed E-state index contributed by atoms with van der Waals surface area (Å²) in [7, 11) is 0. The van der Waals surface area contributed by atoms with Crippen molar-refractivity contribution in [2.45, 2.75) is 92.7 Å². The van der Waals surface area contributed by atoms with Crippen LogP contribution in [0.2, 0.25) is 0 Å². The zero-order valence-corrected chi connectivity index (χ0v) is 14.3. The van der Waals surface area contributed by atoms with Gasteiger partial charge in [0.1, 0.15) is 0 Å². The lowest BCUT2D eigenvalue weighted by molar-refractivity contribution is 0.213. The van der Waals surface area contributed by atoms with Crippen LogP contribution in [0.15, 0.2) is 0 Å². The lowest BCUT2D eigenvalue weighted by atomic mass is 9.76. The highest BCUT2D eigenvalue weighted by Crippen LogP contribution is 2.62. The SMILES string of the molecule is CC(C)(C)C1CCCC(NC2C(C)(C)C2(C)C)CC1. The first kappa shape index (κ1) is 15.4. The Bertz CT molecular complexity index is 307. The van der Waals surface area contributed by atoms with E-state index in [1.807, 2.05) is 0 Å². The Balaban J connectivity index is 1.88. The van der Waals surface area contributed by atoms with Crippen LogP contribution >= 0.6 is 0 Å². The number of rotatable bonds is 2. The predicted molar refractivity (Wildman–Crippen MR) is 84.3 cm³/mol. The summed E-state index contributed by atoms with van der Waals surface area (Å²) in [5, 5.41) is 3.99. The summed E-state index contributed by atoms with van der Waals surface area (Å²) in [5.74, 6) is 0.916. The Kier molecular flexibility index (Phi) is 3.84. The molecule has 0 radical (unpaired) electrons. The van der Waals surface area contributed by atoms with Crippen molar-refractivity contribution in [1.29, 1.82) is 0 Å². The molecule has 0 spiro atoms. The van der Waals surface area contributed by atoms with Crippen LogP contribution in [0, 0.1) is 22.2 Å². The molecule has 0 aliphatic heterocycles. The van der Waals surface area contributed by atoms with E-state index < -0.39 is 0 Å². The minimum atomic E-state index is 0.475. The molecule has 2 rings (SSSR count). The molecular weight excluding hydrogens is 230 g/mol. The summed E-state index contributed by atoms with van der Waals surface area (Å²) in [6, 6.07) is 1.48. The van der Waals surface area contributed by atoms with Gasteiger partial charge in [-0.2, -0.15) is 0 Å². The van der Waals surface area contributed by atoms with Crippen LogP contribution in [0.5, 0.6) is 0 Å². The van der Waals surface area contributed by atoms with Gasteiger partial charge in [0.25, 0.3) is 0 Å². The first-order valence-electron chi connectivity index (χ1n) is 8.33. The second-order valence-corrected chi connectivity index (χ2v) is 9.31. The quantitative estimate of drug-likeness (QED) is 0.692. The highest BCUT2D eigenvalue weighted by Gasteiger charge is 2.64. The fourth-order valence-electron chi connectivity index (χ4n) is 4.18. The molecule has 2 aliphatic rings. The minimum absolute atomic E-state index is 0.475. The number of nitrogens with one attached hydrogen (secondary N) is 1. The van der Waals surface area contributed by atoms with Crippen LogP contribution in [-0.2, 0) is 0 Å². The average Bonchev–Trinajstić information content (AvgIpc) is 2.77. The van der Waals surface area contributed by atoms with E-state index in [4.69, 9.17) is 0 Å². The molecule has 1 heteroatoms.